The molecule has 2 rings (SSSR count). The standard InChI is InChI=1S/C16H22N2O2/c1-12(2)17-11-13-7-9-14(10-8-13)18-15(19)5-3-4-6-16(18)20/h7-10,12,17H,3-6,11H2,1-2H3. The molecule has 1 N–H and O–H groups in total. The van der Waals surface area contributed by atoms with E-state index in [-0.39, 0.29) is 11.8 Å². The average molecular weight is 274 g/mol. The van der Waals surface area contributed by atoms with Gasteiger partial charge in [-0.3, -0.25) is 14.5 Å². The summed E-state index contributed by atoms with van der Waals surface area (Å²) < 4.78 is 0. The van der Waals surface area contributed by atoms with Gasteiger partial charge in [0.25, 0.3) is 0 Å². The molecule has 0 saturated carbocycles. The summed E-state index contributed by atoms with van der Waals surface area (Å²) in [5.74, 6) is -0.166. The molecule has 1 fully saturated rings. The first kappa shape index (κ1) is 14.7. The highest BCUT2D eigenvalue weighted by molar-refractivity contribution is 6.15. The molecule has 1 saturated heterocycles. The van der Waals surface area contributed by atoms with Gasteiger partial charge in [-0.25, -0.2) is 0 Å². The zero-order valence-electron chi connectivity index (χ0n) is 12.2. The summed E-state index contributed by atoms with van der Waals surface area (Å²) >= 11 is 0. The van der Waals surface area contributed by atoms with Crippen LogP contribution in [0.1, 0.15) is 45.1 Å². The van der Waals surface area contributed by atoms with Crippen molar-refractivity contribution in [3.05, 3.63) is 29.8 Å². The van der Waals surface area contributed by atoms with Crippen molar-refractivity contribution in [3.63, 3.8) is 0 Å². The summed E-state index contributed by atoms with van der Waals surface area (Å²) in [4.78, 5) is 25.4. The summed E-state index contributed by atoms with van der Waals surface area (Å²) in [5, 5.41) is 3.34. The third kappa shape index (κ3) is 3.67. The van der Waals surface area contributed by atoms with Gasteiger partial charge >= 0.3 is 0 Å². The van der Waals surface area contributed by atoms with E-state index in [9.17, 15) is 9.59 Å². The second-order valence-corrected chi connectivity index (χ2v) is 5.53. The number of carbonyl (C=O) groups is 2. The second kappa shape index (κ2) is 6.66. The minimum Gasteiger partial charge on any atom is -0.310 e. The number of nitrogens with one attached hydrogen (secondary N) is 1. The van der Waals surface area contributed by atoms with Crippen LogP contribution in [0.25, 0.3) is 0 Å². The van der Waals surface area contributed by atoms with Crippen molar-refractivity contribution < 1.29 is 9.59 Å². The van der Waals surface area contributed by atoms with Gasteiger partial charge in [-0.1, -0.05) is 26.0 Å². The molecule has 108 valence electrons. The van der Waals surface area contributed by atoms with Crippen molar-refractivity contribution >= 4 is 17.5 Å². The summed E-state index contributed by atoms with van der Waals surface area (Å²) in [6, 6.07) is 8.09. The molecule has 1 aliphatic heterocycles. The highest BCUT2D eigenvalue weighted by atomic mass is 16.2. The minimum absolute atomic E-state index is 0.0828. The summed E-state index contributed by atoms with van der Waals surface area (Å²) in [6.45, 7) is 4.99. The molecule has 1 aromatic rings. The SMILES string of the molecule is CC(C)NCc1ccc(N2C(=O)CCCCC2=O)cc1. The van der Waals surface area contributed by atoms with Crippen LogP contribution in [-0.4, -0.2) is 17.9 Å². The molecule has 2 amide bonds. The largest absolute Gasteiger partial charge is 0.310 e. The Morgan fingerprint density at radius 2 is 1.60 bits per heavy atom. The summed E-state index contributed by atoms with van der Waals surface area (Å²) in [6.07, 6.45) is 2.53. The van der Waals surface area contributed by atoms with Gasteiger partial charge < -0.3 is 5.32 Å². The Bertz CT molecular complexity index is 462. The molecule has 1 aliphatic rings. The zero-order valence-corrected chi connectivity index (χ0v) is 12.2. The molecule has 1 heterocycles. The molecule has 4 heteroatoms. The predicted octanol–water partition coefficient (Wildman–Crippen LogP) is 2.62. The molecule has 4 nitrogen and oxygen atoms in total. The maximum absolute atomic E-state index is 12.0. The number of nitrogens with zero attached hydrogens (tertiary/aromatic N) is 1. The number of rotatable bonds is 4. The van der Waals surface area contributed by atoms with Crippen LogP contribution in [0.5, 0.6) is 0 Å². The van der Waals surface area contributed by atoms with E-state index in [4.69, 9.17) is 0 Å². The Hall–Kier alpha value is -1.68. The minimum atomic E-state index is -0.0828. The van der Waals surface area contributed by atoms with Crippen molar-refractivity contribution in [3.8, 4) is 0 Å². The fraction of sp³-hybridized carbons (Fsp3) is 0.500. The molecule has 0 radical (unpaired) electrons. The molecule has 1 aromatic carbocycles. The van der Waals surface area contributed by atoms with Crippen LogP contribution in [0.4, 0.5) is 5.69 Å². The van der Waals surface area contributed by atoms with Crippen LogP contribution < -0.4 is 10.2 Å². The molecule has 0 atom stereocenters. The predicted molar refractivity (Wildman–Crippen MR) is 79.4 cm³/mol. The van der Waals surface area contributed by atoms with Gasteiger partial charge in [0.05, 0.1) is 5.69 Å². The van der Waals surface area contributed by atoms with Crippen LogP contribution in [0.15, 0.2) is 24.3 Å². The van der Waals surface area contributed by atoms with E-state index in [2.05, 4.69) is 19.2 Å². The van der Waals surface area contributed by atoms with Gasteiger partial charge in [-0.05, 0) is 30.5 Å². The Balaban J connectivity index is 2.11. The van der Waals surface area contributed by atoms with E-state index in [0.29, 0.717) is 24.6 Å². The van der Waals surface area contributed by atoms with E-state index in [1.54, 1.807) is 0 Å². The van der Waals surface area contributed by atoms with Crippen molar-refractivity contribution in [2.45, 2.75) is 52.1 Å². The smallest absolute Gasteiger partial charge is 0.233 e. The van der Waals surface area contributed by atoms with Crippen LogP contribution >= 0.6 is 0 Å². The van der Waals surface area contributed by atoms with E-state index < -0.39 is 0 Å². The molecule has 0 spiro atoms. The number of hydrogen-bond donors (Lipinski definition) is 1. The maximum atomic E-state index is 12.0. The fourth-order valence-corrected chi connectivity index (χ4v) is 2.29. The normalized spacial score (nSPS) is 16.6. The van der Waals surface area contributed by atoms with Crippen LogP contribution in [-0.2, 0) is 16.1 Å². The number of amides is 2. The average Bonchev–Trinajstić information content (AvgIpc) is 2.58. The first-order chi connectivity index (χ1) is 9.58. The number of anilines is 1. The number of carbonyl (C=O) groups excluding carboxylic acids is 2. The van der Waals surface area contributed by atoms with Crippen molar-refractivity contribution in [1.82, 2.24) is 5.32 Å². The van der Waals surface area contributed by atoms with Gasteiger partial charge in [0.2, 0.25) is 11.8 Å². The van der Waals surface area contributed by atoms with E-state index in [1.165, 1.54) is 4.90 Å². The summed E-state index contributed by atoms with van der Waals surface area (Å²) in [7, 11) is 0. The molecular weight excluding hydrogens is 252 g/mol. The molecule has 0 bridgehead atoms. The third-order valence-corrected chi connectivity index (χ3v) is 3.44. The fourth-order valence-electron chi connectivity index (χ4n) is 2.29. The first-order valence-electron chi connectivity index (χ1n) is 7.26. The third-order valence-electron chi connectivity index (χ3n) is 3.44. The van der Waals surface area contributed by atoms with Crippen LogP contribution in [0, 0.1) is 0 Å². The van der Waals surface area contributed by atoms with Gasteiger partial charge in [-0.15, -0.1) is 0 Å². The van der Waals surface area contributed by atoms with Gasteiger partial charge in [0.15, 0.2) is 0 Å². The Morgan fingerprint density at radius 1 is 1.05 bits per heavy atom. The molecule has 0 unspecified atom stereocenters. The molecule has 20 heavy (non-hydrogen) atoms. The lowest BCUT2D eigenvalue weighted by Gasteiger charge is -2.19. The van der Waals surface area contributed by atoms with E-state index in [1.807, 2.05) is 24.3 Å². The second-order valence-electron chi connectivity index (χ2n) is 5.53. The zero-order chi connectivity index (χ0) is 14.5. The lowest BCUT2D eigenvalue weighted by atomic mass is 10.1. The topological polar surface area (TPSA) is 49.4 Å². The highest BCUT2D eigenvalue weighted by Crippen LogP contribution is 2.22. The lowest BCUT2D eigenvalue weighted by molar-refractivity contribution is -0.125. The Kier molecular flexibility index (Phi) is 4.90. The molecule has 0 aliphatic carbocycles. The van der Waals surface area contributed by atoms with Crippen molar-refractivity contribution in [2.24, 2.45) is 0 Å². The molecular formula is C16H22N2O2. The monoisotopic (exact) mass is 274 g/mol. The van der Waals surface area contributed by atoms with Crippen LogP contribution in [0.2, 0.25) is 0 Å². The van der Waals surface area contributed by atoms with Crippen molar-refractivity contribution in [1.29, 1.82) is 0 Å². The van der Waals surface area contributed by atoms with Gasteiger partial charge in [0, 0.05) is 25.4 Å². The first-order valence-corrected chi connectivity index (χ1v) is 7.26. The number of hydrogen-bond acceptors (Lipinski definition) is 3. The molecule has 0 aromatic heterocycles. The van der Waals surface area contributed by atoms with Gasteiger partial charge in [0.1, 0.15) is 0 Å². The number of imide groups is 1. The van der Waals surface area contributed by atoms with Crippen LogP contribution in [0.3, 0.4) is 0 Å². The maximum Gasteiger partial charge on any atom is 0.233 e. The quantitative estimate of drug-likeness (QED) is 0.859. The Labute approximate surface area is 120 Å². The number of benzene rings is 1. The van der Waals surface area contributed by atoms with Crippen molar-refractivity contribution in [2.75, 3.05) is 4.90 Å². The van der Waals surface area contributed by atoms with E-state index >= 15 is 0 Å². The lowest BCUT2D eigenvalue weighted by Crippen LogP contribution is -2.35. The highest BCUT2D eigenvalue weighted by Gasteiger charge is 2.25. The van der Waals surface area contributed by atoms with Gasteiger partial charge in [-0.2, -0.15) is 0 Å². The Morgan fingerprint density at radius 3 is 2.10 bits per heavy atom. The summed E-state index contributed by atoms with van der Waals surface area (Å²) in [5.41, 5.74) is 1.84. The van der Waals surface area contributed by atoms with E-state index in [0.717, 1.165) is 24.9 Å².